The SMILES string of the molecule is C=C1[C@@H](NC(=O)[C@@H]2C([C@H](C)O)[C@H](CO)ON2Cc2cccc(C3C=C(C(=O)NCCNC(C)=O)C=CC3)c2)C[C@H]2C[C@@H]1C2(C)C. The number of carbonyl (C=O) groups is 3. The summed E-state index contributed by atoms with van der Waals surface area (Å²) in [4.78, 5) is 43.9. The van der Waals surface area contributed by atoms with Crippen molar-refractivity contribution in [2.45, 2.75) is 83.7 Å². The Bertz CT molecular complexity index is 1370. The number of nitrogens with zero attached hydrogens (tertiary/aromatic N) is 1. The Kier molecular flexibility index (Phi) is 9.98. The summed E-state index contributed by atoms with van der Waals surface area (Å²) in [6.45, 7) is 12.6. The molecule has 6 rings (SSSR count). The highest BCUT2D eigenvalue weighted by Crippen LogP contribution is 2.60. The molecular weight excluding hydrogens is 572 g/mol. The van der Waals surface area contributed by atoms with Crippen molar-refractivity contribution in [3.05, 3.63) is 71.3 Å². The molecule has 244 valence electrons. The number of aliphatic hydroxyl groups is 2. The van der Waals surface area contributed by atoms with Crippen LogP contribution < -0.4 is 16.0 Å². The largest absolute Gasteiger partial charge is 0.394 e. The van der Waals surface area contributed by atoms with E-state index in [0.717, 1.165) is 36.0 Å². The van der Waals surface area contributed by atoms with Gasteiger partial charge in [0.2, 0.25) is 11.8 Å². The monoisotopic (exact) mass is 620 g/mol. The molecule has 4 aliphatic carbocycles. The molecule has 0 aromatic heterocycles. The lowest BCUT2D eigenvalue weighted by molar-refractivity contribution is -0.182. The number of benzene rings is 1. The molecule has 2 bridgehead atoms. The molecule has 5 N–H and O–H groups in total. The molecule has 1 aromatic carbocycles. The molecule has 0 spiro atoms. The van der Waals surface area contributed by atoms with Crippen LogP contribution in [0.3, 0.4) is 0 Å². The van der Waals surface area contributed by atoms with Gasteiger partial charge in [0.15, 0.2) is 0 Å². The maximum absolute atomic E-state index is 13.9. The first-order valence-electron chi connectivity index (χ1n) is 16.1. The number of hydroxylamine groups is 2. The highest BCUT2D eigenvalue weighted by atomic mass is 16.7. The van der Waals surface area contributed by atoms with Gasteiger partial charge in [-0.2, -0.15) is 5.06 Å². The number of amides is 3. The minimum absolute atomic E-state index is 0.0203. The van der Waals surface area contributed by atoms with E-state index in [0.29, 0.717) is 30.5 Å². The van der Waals surface area contributed by atoms with Crippen LogP contribution in [0.1, 0.15) is 64.0 Å². The average Bonchev–Trinajstić information content (AvgIpc) is 3.38. The van der Waals surface area contributed by atoms with Crippen molar-refractivity contribution in [2.75, 3.05) is 19.7 Å². The Hall–Kier alpha value is -3.31. The summed E-state index contributed by atoms with van der Waals surface area (Å²) in [5.74, 6) is -0.278. The number of allylic oxidation sites excluding steroid dienone is 2. The molecule has 10 nitrogen and oxygen atoms in total. The van der Waals surface area contributed by atoms with E-state index in [1.165, 1.54) is 6.92 Å². The normalized spacial score (nSPS) is 31.0. The predicted octanol–water partition coefficient (Wildman–Crippen LogP) is 2.49. The molecule has 1 aromatic rings. The van der Waals surface area contributed by atoms with Crippen LogP contribution in [0, 0.1) is 23.2 Å². The summed E-state index contributed by atoms with van der Waals surface area (Å²) in [7, 11) is 0. The van der Waals surface area contributed by atoms with Crippen LogP contribution in [-0.2, 0) is 25.8 Å². The summed E-state index contributed by atoms with van der Waals surface area (Å²) < 4.78 is 0. The second-order valence-electron chi connectivity index (χ2n) is 13.7. The number of carbonyl (C=O) groups excluding carboxylic acids is 3. The van der Waals surface area contributed by atoms with Gasteiger partial charge < -0.3 is 26.2 Å². The van der Waals surface area contributed by atoms with Crippen molar-refractivity contribution in [3.8, 4) is 0 Å². The lowest BCUT2D eigenvalue weighted by Gasteiger charge is -2.60. The van der Waals surface area contributed by atoms with E-state index in [4.69, 9.17) is 4.84 Å². The molecule has 1 saturated heterocycles. The topological polar surface area (TPSA) is 140 Å². The molecule has 8 atom stereocenters. The van der Waals surface area contributed by atoms with Crippen LogP contribution in [0.25, 0.3) is 0 Å². The number of fused-ring (bicyclic) bond motifs is 2. The molecular formula is C35H48N4O6. The van der Waals surface area contributed by atoms with E-state index in [9.17, 15) is 24.6 Å². The highest BCUT2D eigenvalue weighted by Gasteiger charge is 2.56. The van der Waals surface area contributed by atoms with E-state index in [1.54, 1.807) is 12.0 Å². The van der Waals surface area contributed by atoms with Gasteiger partial charge in [0, 0.05) is 37.4 Å². The van der Waals surface area contributed by atoms with Gasteiger partial charge in [-0.1, -0.05) is 68.5 Å². The zero-order valence-electron chi connectivity index (χ0n) is 26.8. The van der Waals surface area contributed by atoms with E-state index in [2.05, 4.69) is 36.4 Å². The first-order chi connectivity index (χ1) is 21.4. The van der Waals surface area contributed by atoms with Gasteiger partial charge in [0.25, 0.3) is 5.91 Å². The van der Waals surface area contributed by atoms with Gasteiger partial charge in [-0.15, -0.1) is 0 Å². The minimum atomic E-state index is -0.877. The van der Waals surface area contributed by atoms with Gasteiger partial charge >= 0.3 is 0 Å². The maximum Gasteiger partial charge on any atom is 0.251 e. The molecule has 1 heterocycles. The van der Waals surface area contributed by atoms with Crippen LogP contribution in [0.4, 0.5) is 0 Å². The Labute approximate surface area is 265 Å². The van der Waals surface area contributed by atoms with Crippen LogP contribution in [0.5, 0.6) is 0 Å². The van der Waals surface area contributed by atoms with Gasteiger partial charge in [-0.3, -0.25) is 19.2 Å². The number of aliphatic hydroxyl groups excluding tert-OH is 2. The summed E-state index contributed by atoms with van der Waals surface area (Å²) in [5, 5.41) is 31.2. The van der Waals surface area contributed by atoms with Crippen molar-refractivity contribution >= 4 is 17.7 Å². The van der Waals surface area contributed by atoms with E-state index < -0.39 is 24.2 Å². The van der Waals surface area contributed by atoms with Crippen LogP contribution >= 0.6 is 0 Å². The van der Waals surface area contributed by atoms with E-state index in [1.807, 2.05) is 42.5 Å². The second kappa shape index (κ2) is 13.6. The average molecular weight is 621 g/mol. The second-order valence-corrected chi connectivity index (χ2v) is 13.7. The van der Waals surface area contributed by atoms with Crippen LogP contribution in [0.15, 0.2) is 60.2 Å². The van der Waals surface area contributed by atoms with Gasteiger partial charge in [-0.25, -0.2) is 0 Å². The smallest absolute Gasteiger partial charge is 0.251 e. The molecule has 2 unspecified atom stereocenters. The van der Waals surface area contributed by atoms with E-state index >= 15 is 0 Å². The molecule has 3 saturated carbocycles. The number of hydrogen-bond donors (Lipinski definition) is 5. The molecule has 45 heavy (non-hydrogen) atoms. The molecule has 4 fully saturated rings. The summed E-state index contributed by atoms with van der Waals surface area (Å²) in [6.07, 6.45) is 6.85. The van der Waals surface area contributed by atoms with Crippen molar-refractivity contribution in [3.63, 3.8) is 0 Å². The summed E-state index contributed by atoms with van der Waals surface area (Å²) in [6, 6.07) is 7.06. The Morgan fingerprint density at radius 2 is 1.93 bits per heavy atom. The van der Waals surface area contributed by atoms with Crippen LogP contribution in [0.2, 0.25) is 0 Å². The van der Waals surface area contributed by atoms with Crippen molar-refractivity contribution in [1.29, 1.82) is 0 Å². The van der Waals surface area contributed by atoms with Gasteiger partial charge in [0.1, 0.15) is 12.1 Å². The third kappa shape index (κ3) is 6.94. The van der Waals surface area contributed by atoms with Gasteiger partial charge in [0.05, 0.1) is 25.3 Å². The zero-order valence-corrected chi connectivity index (χ0v) is 26.8. The fraction of sp³-hybridized carbons (Fsp3) is 0.571. The third-order valence-corrected chi connectivity index (χ3v) is 10.4. The molecule has 10 heteroatoms. The molecule has 0 radical (unpaired) electrons. The van der Waals surface area contributed by atoms with E-state index in [-0.39, 0.29) is 48.2 Å². The summed E-state index contributed by atoms with van der Waals surface area (Å²) in [5.41, 5.74) is 3.76. The maximum atomic E-state index is 13.9. The van der Waals surface area contributed by atoms with Crippen molar-refractivity contribution < 1.29 is 29.4 Å². The Morgan fingerprint density at radius 3 is 2.60 bits per heavy atom. The zero-order chi connectivity index (χ0) is 32.5. The van der Waals surface area contributed by atoms with Crippen LogP contribution in [-0.4, -0.2) is 77.0 Å². The Morgan fingerprint density at radius 1 is 1.18 bits per heavy atom. The highest BCUT2D eigenvalue weighted by molar-refractivity contribution is 5.96. The lowest BCUT2D eigenvalue weighted by atomic mass is 9.46. The third-order valence-electron chi connectivity index (χ3n) is 10.4. The molecule has 5 aliphatic rings. The first kappa shape index (κ1) is 33.1. The quantitative estimate of drug-likeness (QED) is 0.189. The predicted molar refractivity (Wildman–Crippen MR) is 170 cm³/mol. The number of hydrogen-bond acceptors (Lipinski definition) is 7. The minimum Gasteiger partial charge on any atom is -0.394 e. The lowest BCUT2D eigenvalue weighted by Crippen LogP contribution is -2.59. The first-order valence-corrected chi connectivity index (χ1v) is 16.1. The Balaban J connectivity index is 1.29. The number of nitrogens with one attached hydrogen (secondary N) is 3. The molecule has 3 amide bonds. The summed E-state index contributed by atoms with van der Waals surface area (Å²) >= 11 is 0. The fourth-order valence-corrected chi connectivity index (χ4v) is 7.69. The number of rotatable bonds is 11. The molecule has 1 aliphatic heterocycles. The van der Waals surface area contributed by atoms with Gasteiger partial charge in [-0.05, 0) is 54.6 Å². The van der Waals surface area contributed by atoms with Crippen molar-refractivity contribution in [1.82, 2.24) is 21.0 Å². The fourth-order valence-electron chi connectivity index (χ4n) is 7.69. The van der Waals surface area contributed by atoms with Crippen molar-refractivity contribution in [2.24, 2.45) is 23.2 Å². The standard InChI is InChI=1S/C35H48N4O6/c1-20-28-16-27(35(28,4)5)17-29(20)38-34(44)32-31(21(2)41)30(19-40)45-39(32)18-23-8-6-9-24(14-23)25-10-7-11-26(15-25)33(43)37-13-12-36-22(3)42/h6-9,11,14-15,21,25,27-32,40-41H,1,10,12-13,16-19H2,2-5H3,(H,36,42)(H,37,43)(H,38,44)/t21-,25?,27+,28-,29-,30-,31?,32-/m0/s1.